The van der Waals surface area contributed by atoms with Gasteiger partial charge in [-0.05, 0) is 72.3 Å². The summed E-state index contributed by atoms with van der Waals surface area (Å²) in [6.45, 7) is 1.31. The van der Waals surface area contributed by atoms with Crippen LogP contribution in [0.2, 0.25) is 0 Å². The Kier molecular flexibility index (Phi) is 25.2. The molecule has 1 aliphatic rings. The predicted molar refractivity (Wildman–Crippen MR) is 290 cm³/mol. The Hall–Kier alpha value is -5.53. The van der Waals surface area contributed by atoms with E-state index < -0.39 is 23.0 Å². The molecular weight excluding hydrogens is 893 g/mol. The van der Waals surface area contributed by atoms with Crippen LogP contribution in [-0.2, 0) is 58.8 Å². The number of hydrogen-bond acceptors (Lipinski definition) is 7. The van der Waals surface area contributed by atoms with Crippen molar-refractivity contribution in [2.75, 3.05) is 6.61 Å². The number of rotatable bonds is 35. The van der Waals surface area contributed by atoms with Crippen molar-refractivity contribution in [2.24, 2.45) is 11.3 Å². The molecule has 6 rings (SSSR count). The van der Waals surface area contributed by atoms with Gasteiger partial charge in [0.2, 0.25) is 0 Å². The van der Waals surface area contributed by atoms with Crippen molar-refractivity contribution in [1.29, 1.82) is 0 Å². The molecule has 7 nitrogen and oxygen atoms in total. The maximum atomic E-state index is 14.3. The highest BCUT2D eigenvalue weighted by Gasteiger charge is 2.48. The van der Waals surface area contributed by atoms with Crippen LogP contribution in [0.25, 0.3) is 0 Å². The van der Waals surface area contributed by atoms with Crippen molar-refractivity contribution in [3.05, 3.63) is 179 Å². The summed E-state index contributed by atoms with van der Waals surface area (Å²) in [6.07, 6.45) is 24.8. The third-order valence-electron chi connectivity index (χ3n) is 14.8. The number of unbranched alkanes of at least 4 members (excludes halogenated alkanes) is 15. The van der Waals surface area contributed by atoms with Crippen molar-refractivity contribution >= 4 is 17.9 Å². The first-order valence-corrected chi connectivity index (χ1v) is 27.9. The Bertz CT molecular complexity index is 2110. The van der Waals surface area contributed by atoms with Gasteiger partial charge in [0.05, 0.1) is 0 Å². The minimum Gasteiger partial charge on any atom is -0.461 e. The Morgan fingerprint density at radius 3 is 1.15 bits per heavy atom. The third kappa shape index (κ3) is 18.5. The zero-order chi connectivity index (χ0) is 50.2. The summed E-state index contributed by atoms with van der Waals surface area (Å²) in [5, 5.41) is 0. The summed E-state index contributed by atoms with van der Waals surface area (Å²) in [6, 6.07) is 51.0. The SMILES string of the molecule is O=C(CCCCCCCCCCC(CCCCCCCCCCCOC(c1ccccc1)(c1ccccc1)C1CCCCC1)(C(=O)OCc1ccccc1)C(=O)OCc1ccccc1)OCc1ccccc1. The van der Waals surface area contributed by atoms with E-state index in [1.54, 1.807) is 0 Å². The van der Waals surface area contributed by atoms with E-state index in [0.717, 1.165) is 113 Å². The van der Waals surface area contributed by atoms with Gasteiger partial charge < -0.3 is 18.9 Å². The first kappa shape index (κ1) is 55.8. The van der Waals surface area contributed by atoms with Gasteiger partial charge in [-0.2, -0.15) is 0 Å². The van der Waals surface area contributed by atoms with Crippen LogP contribution in [0.4, 0.5) is 0 Å². The topological polar surface area (TPSA) is 88.1 Å². The molecule has 0 bridgehead atoms. The van der Waals surface area contributed by atoms with E-state index in [4.69, 9.17) is 18.9 Å². The molecule has 0 heterocycles. The van der Waals surface area contributed by atoms with Crippen LogP contribution in [0.3, 0.4) is 0 Å². The van der Waals surface area contributed by atoms with E-state index >= 15 is 0 Å². The standard InChI is InChI=1S/C65H84O7/c66-61(69-52-55-36-20-14-21-37-55)48-32-10-6-2-4-8-12-34-50-64(62(67)70-53-56-38-22-15-23-39-56,63(68)71-54-57-40-24-16-25-41-57)49-33-11-7-3-1-5-9-13-35-51-72-65(58-42-26-17-27-43-58,59-44-28-18-29-45-59)60-46-30-19-31-47-60/h14-18,20-29,36-45,60H,1-13,19,30-35,46-54H2. The molecule has 0 aromatic heterocycles. The lowest BCUT2D eigenvalue weighted by molar-refractivity contribution is -0.176. The molecule has 0 aliphatic heterocycles. The third-order valence-corrected chi connectivity index (χ3v) is 14.8. The smallest absolute Gasteiger partial charge is 0.323 e. The average Bonchev–Trinajstić information content (AvgIpc) is 3.44. The number of ether oxygens (including phenoxy) is 4. The van der Waals surface area contributed by atoms with Crippen molar-refractivity contribution in [3.63, 3.8) is 0 Å². The molecule has 386 valence electrons. The Balaban J connectivity index is 0.946. The van der Waals surface area contributed by atoms with Gasteiger partial charge in [-0.3, -0.25) is 14.4 Å². The summed E-state index contributed by atoms with van der Waals surface area (Å²) in [5.41, 5.74) is 3.56. The van der Waals surface area contributed by atoms with E-state index in [1.165, 1.54) is 62.5 Å². The van der Waals surface area contributed by atoms with Gasteiger partial charge in [-0.1, -0.05) is 267 Å². The molecule has 0 spiro atoms. The number of carbonyl (C=O) groups excluding carboxylic acids is 3. The molecule has 0 N–H and O–H groups in total. The fraction of sp³-hybridized carbons (Fsp3) is 0.492. The van der Waals surface area contributed by atoms with Crippen molar-refractivity contribution in [3.8, 4) is 0 Å². The molecule has 7 heteroatoms. The Morgan fingerprint density at radius 2 is 0.736 bits per heavy atom. The lowest BCUT2D eigenvalue weighted by atomic mass is 9.69. The lowest BCUT2D eigenvalue weighted by Crippen LogP contribution is -2.42. The maximum absolute atomic E-state index is 14.3. The quantitative estimate of drug-likeness (QED) is 0.0173. The minimum absolute atomic E-state index is 0.117. The summed E-state index contributed by atoms with van der Waals surface area (Å²) in [7, 11) is 0. The molecule has 0 atom stereocenters. The van der Waals surface area contributed by atoms with E-state index in [1.807, 2.05) is 91.0 Å². The first-order valence-electron chi connectivity index (χ1n) is 27.9. The Morgan fingerprint density at radius 1 is 0.389 bits per heavy atom. The summed E-state index contributed by atoms with van der Waals surface area (Å²) in [4.78, 5) is 40.9. The second-order valence-electron chi connectivity index (χ2n) is 20.3. The molecule has 0 unspecified atom stereocenters. The summed E-state index contributed by atoms with van der Waals surface area (Å²) < 4.78 is 24.6. The fourth-order valence-electron chi connectivity index (χ4n) is 10.7. The molecule has 5 aromatic rings. The van der Waals surface area contributed by atoms with E-state index in [9.17, 15) is 14.4 Å². The molecule has 1 saturated carbocycles. The van der Waals surface area contributed by atoms with Gasteiger partial charge in [0.25, 0.3) is 0 Å². The maximum Gasteiger partial charge on any atom is 0.323 e. The lowest BCUT2D eigenvalue weighted by Gasteiger charge is -2.43. The fourth-order valence-corrected chi connectivity index (χ4v) is 10.7. The van der Waals surface area contributed by atoms with Crippen LogP contribution in [0, 0.1) is 11.3 Å². The second kappa shape index (κ2) is 32.5. The van der Waals surface area contributed by atoms with Gasteiger partial charge in [0.15, 0.2) is 5.41 Å². The van der Waals surface area contributed by atoms with Gasteiger partial charge in [-0.25, -0.2) is 0 Å². The van der Waals surface area contributed by atoms with Crippen LogP contribution in [-0.4, -0.2) is 24.5 Å². The highest BCUT2D eigenvalue weighted by atomic mass is 16.6. The van der Waals surface area contributed by atoms with E-state index in [2.05, 4.69) is 60.7 Å². The number of benzene rings is 5. The van der Waals surface area contributed by atoms with Crippen LogP contribution in [0.15, 0.2) is 152 Å². The number of carbonyl (C=O) groups is 3. The average molecular weight is 977 g/mol. The minimum atomic E-state index is -1.36. The van der Waals surface area contributed by atoms with Crippen molar-refractivity contribution < 1.29 is 33.3 Å². The van der Waals surface area contributed by atoms with Crippen molar-refractivity contribution in [2.45, 2.75) is 186 Å². The molecule has 72 heavy (non-hydrogen) atoms. The van der Waals surface area contributed by atoms with Crippen LogP contribution >= 0.6 is 0 Å². The molecule has 0 amide bonds. The Labute approximate surface area is 432 Å². The summed E-state index contributed by atoms with van der Waals surface area (Å²) >= 11 is 0. The van der Waals surface area contributed by atoms with E-state index in [0.29, 0.717) is 31.8 Å². The van der Waals surface area contributed by atoms with Gasteiger partial charge in [0, 0.05) is 13.0 Å². The zero-order valence-electron chi connectivity index (χ0n) is 43.4. The normalized spacial score (nSPS) is 13.1. The highest BCUT2D eigenvalue weighted by molar-refractivity contribution is 6.00. The van der Waals surface area contributed by atoms with Gasteiger partial charge in [0.1, 0.15) is 25.4 Å². The largest absolute Gasteiger partial charge is 0.461 e. The summed E-state index contributed by atoms with van der Waals surface area (Å²) in [5.74, 6) is -0.622. The van der Waals surface area contributed by atoms with Crippen LogP contribution < -0.4 is 0 Å². The number of hydrogen-bond donors (Lipinski definition) is 0. The predicted octanol–water partition coefficient (Wildman–Crippen LogP) is 16.5. The molecular formula is C65H84O7. The van der Waals surface area contributed by atoms with Crippen LogP contribution in [0.5, 0.6) is 0 Å². The molecule has 1 fully saturated rings. The monoisotopic (exact) mass is 977 g/mol. The van der Waals surface area contributed by atoms with Crippen LogP contribution in [0.1, 0.15) is 188 Å². The van der Waals surface area contributed by atoms with E-state index in [-0.39, 0.29) is 19.2 Å². The van der Waals surface area contributed by atoms with Gasteiger partial charge in [-0.15, -0.1) is 0 Å². The van der Waals surface area contributed by atoms with Crippen molar-refractivity contribution in [1.82, 2.24) is 0 Å². The molecule has 1 aliphatic carbocycles. The first-order chi connectivity index (χ1) is 35.5. The second-order valence-corrected chi connectivity index (χ2v) is 20.3. The van der Waals surface area contributed by atoms with Gasteiger partial charge >= 0.3 is 17.9 Å². The molecule has 5 aromatic carbocycles. The zero-order valence-corrected chi connectivity index (χ0v) is 43.4. The molecule has 0 radical (unpaired) electrons. The number of esters is 3. The highest BCUT2D eigenvalue weighted by Crippen LogP contribution is 2.47. The molecule has 0 saturated heterocycles.